The zero-order valence-corrected chi connectivity index (χ0v) is 17.7. The van der Waals surface area contributed by atoms with Gasteiger partial charge in [0.25, 0.3) is 5.91 Å². The summed E-state index contributed by atoms with van der Waals surface area (Å²) in [6, 6.07) is 9.58. The Bertz CT molecular complexity index is 867. The van der Waals surface area contributed by atoms with Crippen LogP contribution in [0, 0.1) is 5.92 Å². The second kappa shape index (κ2) is 9.18. The number of aliphatic hydroxyl groups is 1. The van der Waals surface area contributed by atoms with Crippen LogP contribution in [0.5, 0.6) is 5.75 Å². The Balaban J connectivity index is 1.56. The number of ether oxygens (including phenoxy) is 1. The molecule has 1 amide bonds. The lowest BCUT2D eigenvalue weighted by Gasteiger charge is -2.27. The number of carbonyl (C=O) groups is 1. The van der Waals surface area contributed by atoms with Crippen molar-refractivity contribution in [3.63, 3.8) is 0 Å². The Kier molecular flexibility index (Phi) is 6.40. The van der Waals surface area contributed by atoms with E-state index in [1.807, 2.05) is 35.4 Å². The molecule has 0 bridgehead atoms. The van der Waals surface area contributed by atoms with Crippen LogP contribution < -0.4 is 4.74 Å². The molecular weight excluding hydrogens is 384 g/mol. The van der Waals surface area contributed by atoms with Crippen molar-refractivity contribution in [2.75, 3.05) is 19.4 Å². The van der Waals surface area contributed by atoms with Gasteiger partial charge in [0.2, 0.25) is 0 Å². The number of pyridine rings is 1. The van der Waals surface area contributed by atoms with Crippen LogP contribution in [0.4, 0.5) is 0 Å². The Hall–Kier alpha value is -2.05. The molecule has 1 N–H and O–H groups in total. The summed E-state index contributed by atoms with van der Waals surface area (Å²) in [5, 5.41) is 11.6. The van der Waals surface area contributed by atoms with E-state index >= 15 is 0 Å². The lowest BCUT2D eigenvalue weighted by atomic mass is 9.82. The first-order valence-corrected chi connectivity index (χ1v) is 11.6. The third-order valence-electron chi connectivity index (χ3n) is 5.98. The fraction of sp³-hybridized carbons (Fsp3) is 0.478. The fourth-order valence-corrected chi connectivity index (χ4v) is 4.92. The van der Waals surface area contributed by atoms with Crippen molar-refractivity contribution in [3.8, 4) is 5.75 Å². The second-order valence-corrected chi connectivity index (χ2v) is 8.64. The van der Waals surface area contributed by atoms with Crippen LogP contribution in [0.2, 0.25) is 0 Å². The highest BCUT2D eigenvalue weighted by Crippen LogP contribution is 2.36. The topological polar surface area (TPSA) is 62.7 Å². The van der Waals surface area contributed by atoms with Crippen LogP contribution in [0.3, 0.4) is 0 Å². The van der Waals surface area contributed by atoms with Crippen molar-refractivity contribution in [3.05, 3.63) is 53.2 Å². The average Bonchev–Trinajstić information content (AvgIpc) is 3.00. The van der Waals surface area contributed by atoms with Gasteiger partial charge in [0.15, 0.2) is 0 Å². The number of hydrogen-bond donors (Lipinski definition) is 1. The third-order valence-corrected chi connectivity index (χ3v) is 6.70. The van der Waals surface area contributed by atoms with Gasteiger partial charge < -0.3 is 14.7 Å². The molecule has 1 aliphatic heterocycles. The maximum atomic E-state index is 13.2. The number of amides is 1. The minimum atomic E-state index is -0.450. The quantitative estimate of drug-likeness (QED) is 0.752. The molecule has 2 aliphatic rings. The van der Waals surface area contributed by atoms with Gasteiger partial charge in [-0.15, -0.1) is 11.8 Å². The van der Waals surface area contributed by atoms with E-state index in [1.54, 1.807) is 12.3 Å². The molecule has 154 valence electrons. The molecule has 1 aliphatic carbocycles. The van der Waals surface area contributed by atoms with Gasteiger partial charge in [0.05, 0.1) is 18.2 Å². The number of rotatable bonds is 4. The number of thioether (sulfide) groups is 1. The van der Waals surface area contributed by atoms with Crippen LogP contribution in [0.1, 0.15) is 59.7 Å². The largest absolute Gasteiger partial charge is 0.491 e. The predicted molar refractivity (Wildman–Crippen MR) is 114 cm³/mol. The number of carbonyl (C=O) groups excluding carboxylic acids is 1. The zero-order chi connectivity index (χ0) is 20.2. The first-order valence-electron chi connectivity index (χ1n) is 10.4. The predicted octanol–water partition coefficient (Wildman–Crippen LogP) is 4.45. The minimum Gasteiger partial charge on any atom is -0.491 e. The first-order chi connectivity index (χ1) is 14.2. The smallest absolute Gasteiger partial charge is 0.257 e. The summed E-state index contributed by atoms with van der Waals surface area (Å²) in [7, 11) is 0. The Labute approximate surface area is 176 Å². The van der Waals surface area contributed by atoms with E-state index in [0.717, 1.165) is 34.7 Å². The van der Waals surface area contributed by atoms with Gasteiger partial charge >= 0.3 is 0 Å². The van der Waals surface area contributed by atoms with E-state index in [9.17, 15) is 9.90 Å². The molecule has 0 spiro atoms. The normalized spacial score (nSPS) is 18.5. The van der Waals surface area contributed by atoms with E-state index in [1.165, 1.54) is 31.0 Å². The molecule has 1 atom stereocenters. The molecule has 1 aromatic carbocycles. The zero-order valence-electron chi connectivity index (χ0n) is 16.8. The van der Waals surface area contributed by atoms with Crippen molar-refractivity contribution >= 4 is 17.7 Å². The number of hydrogen-bond acceptors (Lipinski definition) is 5. The first kappa shape index (κ1) is 20.2. The molecule has 0 radical (unpaired) electrons. The fourth-order valence-electron chi connectivity index (χ4n) is 4.38. The maximum absolute atomic E-state index is 13.2. The monoisotopic (exact) mass is 412 g/mol. The van der Waals surface area contributed by atoms with E-state index in [0.29, 0.717) is 31.2 Å². The van der Waals surface area contributed by atoms with Crippen molar-refractivity contribution in [1.29, 1.82) is 0 Å². The SMILES string of the molecule is CSc1ncccc1C(=O)N1CCOc2ccc([C@@H](O)C3CCCCC3)cc2C1. The summed E-state index contributed by atoms with van der Waals surface area (Å²) in [4.78, 5) is 19.3. The van der Waals surface area contributed by atoms with E-state index in [2.05, 4.69) is 4.98 Å². The van der Waals surface area contributed by atoms with Gasteiger partial charge in [-0.2, -0.15) is 0 Å². The molecule has 5 nitrogen and oxygen atoms in total. The summed E-state index contributed by atoms with van der Waals surface area (Å²) >= 11 is 1.48. The molecule has 1 aromatic heterocycles. The van der Waals surface area contributed by atoms with Crippen LogP contribution in [0.15, 0.2) is 41.6 Å². The molecule has 0 unspecified atom stereocenters. The Morgan fingerprint density at radius 1 is 1.28 bits per heavy atom. The van der Waals surface area contributed by atoms with Crippen molar-refractivity contribution in [2.45, 2.75) is 49.8 Å². The van der Waals surface area contributed by atoms with Crippen molar-refractivity contribution in [1.82, 2.24) is 9.88 Å². The summed E-state index contributed by atoms with van der Waals surface area (Å²) < 4.78 is 5.91. The van der Waals surface area contributed by atoms with Crippen molar-refractivity contribution < 1.29 is 14.6 Å². The van der Waals surface area contributed by atoms with Gasteiger partial charge in [-0.25, -0.2) is 4.98 Å². The summed E-state index contributed by atoms with van der Waals surface area (Å²) in [5.74, 6) is 1.10. The number of aliphatic hydroxyl groups excluding tert-OH is 1. The number of fused-ring (bicyclic) bond motifs is 1. The second-order valence-electron chi connectivity index (χ2n) is 7.85. The molecule has 4 rings (SSSR count). The van der Waals surface area contributed by atoms with Gasteiger partial charge in [0, 0.05) is 18.3 Å². The highest BCUT2D eigenvalue weighted by atomic mass is 32.2. The van der Waals surface area contributed by atoms with E-state index in [-0.39, 0.29) is 5.91 Å². The standard InChI is InChI=1S/C23H28N2O3S/c1-29-22-19(8-5-11-24-22)23(27)25-12-13-28-20-10-9-17(14-18(20)15-25)21(26)16-6-3-2-4-7-16/h5,8-11,14,16,21,26H,2-4,6-7,12-13,15H2,1H3/t21-/m0/s1. The van der Waals surface area contributed by atoms with Crippen LogP contribution in [-0.2, 0) is 6.54 Å². The average molecular weight is 413 g/mol. The molecule has 0 saturated heterocycles. The van der Waals surface area contributed by atoms with E-state index < -0.39 is 6.10 Å². The van der Waals surface area contributed by atoms with Crippen LogP contribution in [-0.4, -0.2) is 40.3 Å². The van der Waals surface area contributed by atoms with Gasteiger partial charge in [-0.05, 0) is 54.8 Å². The summed E-state index contributed by atoms with van der Waals surface area (Å²) in [6.45, 7) is 1.46. The molecule has 2 heterocycles. The third kappa shape index (κ3) is 4.43. The van der Waals surface area contributed by atoms with Gasteiger partial charge in [-0.3, -0.25) is 4.79 Å². The molecule has 1 fully saturated rings. The Morgan fingerprint density at radius 2 is 2.10 bits per heavy atom. The van der Waals surface area contributed by atoms with Crippen molar-refractivity contribution in [2.24, 2.45) is 5.92 Å². The number of benzene rings is 1. The lowest BCUT2D eigenvalue weighted by molar-refractivity contribution is 0.0728. The van der Waals surface area contributed by atoms with Gasteiger partial charge in [0.1, 0.15) is 17.4 Å². The highest BCUT2D eigenvalue weighted by Gasteiger charge is 2.26. The number of aromatic nitrogens is 1. The Morgan fingerprint density at radius 3 is 2.90 bits per heavy atom. The van der Waals surface area contributed by atoms with E-state index in [4.69, 9.17) is 4.74 Å². The molecule has 6 heteroatoms. The molecule has 1 saturated carbocycles. The highest BCUT2D eigenvalue weighted by molar-refractivity contribution is 7.98. The van der Waals surface area contributed by atoms with Gasteiger partial charge in [-0.1, -0.05) is 25.3 Å². The molecule has 29 heavy (non-hydrogen) atoms. The maximum Gasteiger partial charge on any atom is 0.257 e. The molecule has 2 aromatic rings. The lowest BCUT2D eigenvalue weighted by Crippen LogP contribution is -2.33. The summed E-state index contributed by atoms with van der Waals surface area (Å²) in [6.07, 6.45) is 9.01. The molecular formula is C23H28N2O3S. The summed E-state index contributed by atoms with van der Waals surface area (Å²) in [5.41, 5.74) is 2.51. The minimum absolute atomic E-state index is 0.0304. The van der Waals surface area contributed by atoms with Crippen LogP contribution >= 0.6 is 11.8 Å². The number of nitrogens with zero attached hydrogens (tertiary/aromatic N) is 2. The van der Waals surface area contributed by atoms with Crippen LogP contribution in [0.25, 0.3) is 0 Å².